The molecule has 3 aromatic rings. The minimum absolute atomic E-state index is 0.819. The van der Waals surface area contributed by atoms with Gasteiger partial charge in [-0.25, -0.2) is 0 Å². The Morgan fingerprint density at radius 1 is 0.700 bits per heavy atom. The number of aromatic nitrogens is 3. The Bertz CT molecular complexity index is 707. The van der Waals surface area contributed by atoms with E-state index < -0.39 is 0 Å². The summed E-state index contributed by atoms with van der Waals surface area (Å²) in [5.74, 6) is 0. The van der Waals surface area contributed by atoms with Gasteiger partial charge in [0.2, 0.25) is 0 Å². The molecule has 20 heavy (non-hydrogen) atoms. The maximum Gasteiger partial charge on any atom is 0.0813 e. The van der Waals surface area contributed by atoms with Gasteiger partial charge in [0.1, 0.15) is 0 Å². The lowest BCUT2D eigenvalue weighted by Gasteiger charge is -2.01. The Labute approximate surface area is 117 Å². The van der Waals surface area contributed by atoms with Crippen LogP contribution in [0.25, 0.3) is 23.3 Å². The Balaban J connectivity index is 1.87. The van der Waals surface area contributed by atoms with Crippen LogP contribution in [0.4, 0.5) is 0 Å². The molecular formula is C17H13N3. The van der Waals surface area contributed by atoms with E-state index in [2.05, 4.69) is 33.2 Å². The Morgan fingerprint density at radius 2 is 1.50 bits per heavy atom. The van der Waals surface area contributed by atoms with Crippen LogP contribution < -0.4 is 0 Å². The molecule has 3 nitrogen and oxygen atoms in total. The predicted octanol–water partition coefficient (Wildman–Crippen LogP) is 3.71. The SMILES string of the molecule is C(=Cc1cc(-c2ccccc2)ccn1)c1cnccn1. The van der Waals surface area contributed by atoms with Crippen molar-refractivity contribution in [2.75, 3.05) is 0 Å². The van der Waals surface area contributed by atoms with Crippen molar-refractivity contribution in [3.05, 3.63) is 78.6 Å². The van der Waals surface area contributed by atoms with Gasteiger partial charge in [-0.2, -0.15) is 0 Å². The summed E-state index contributed by atoms with van der Waals surface area (Å²) in [6.07, 6.45) is 10.7. The third-order valence-corrected chi connectivity index (χ3v) is 2.90. The Morgan fingerprint density at radius 3 is 2.30 bits per heavy atom. The van der Waals surface area contributed by atoms with Gasteiger partial charge >= 0.3 is 0 Å². The van der Waals surface area contributed by atoms with Crippen molar-refractivity contribution in [1.29, 1.82) is 0 Å². The fourth-order valence-corrected chi connectivity index (χ4v) is 1.92. The van der Waals surface area contributed by atoms with E-state index in [4.69, 9.17) is 0 Å². The molecule has 0 saturated carbocycles. The summed E-state index contributed by atoms with van der Waals surface area (Å²) < 4.78 is 0. The molecule has 0 aliphatic heterocycles. The topological polar surface area (TPSA) is 38.7 Å². The summed E-state index contributed by atoms with van der Waals surface area (Å²) in [6, 6.07) is 14.3. The van der Waals surface area contributed by atoms with E-state index in [1.54, 1.807) is 18.6 Å². The van der Waals surface area contributed by atoms with Crippen molar-refractivity contribution in [3.8, 4) is 11.1 Å². The number of hydrogen-bond donors (Lipinski definition) is 0. The molecule has 3 rings (SSSR count). The average Bonchev–Trinajstić information content (AvgIpc) is 2.55. The molecule has 0 bridgehead atoms. The van der Waals surface area contributed by atoms with Crippen LogP contribution in [0.2, 0.25) is 0 Å². The van der Waals surface area contributed by atoms with E-state index in [1.165, 1.54) is 5.56 Å². The minimum atomic E-state index is 0.819. The second kappa shape index (κ2) is 5.89. The van der Waals surface area contributed by atoms with Crippen molar-refractivity contribution in [2.45, 2.75) is 0 Å². The molecule has 0 radical (unpaired) electrons. The van der Waals surface area contributed by atoms with Crippen LogP contribution in [0.3, 0.4) is 0 Å². The van der Waals surface area contributed by atoms with Gasteiger partial charge in [-0.15, -0.1) is 0 Å². The van der Waals surface area contributed by atoms with E-state index in [0.717, 1.165) is 17.0 Å². The first kappa shape index (κ1) is 12.2. The van der Waals surface area contributed by atoms with Crippen LogP contribution in [0.5, 0.6) is 0 Å². The molecule has 0 amide bonds. The molecule has 0 spiro atoms. The van der Waals surface area contributed by atoms with E-state index >= 15 is 0 Å². The molecule has 2 heterocycles. The van der Waals surface area contributed by atoms with E-state index in [9.17, 15) is 0 Å². The average molecular weight is 259 g/mol. The van der Waals surface area contributed by atoms with E-state index in [1.807, 2.05) is 42.6 Å². The number of pyridine rings is 1. The molecule has 0 atom stereocenters. The molecule has 2 aromatic heterocycles. The van der Waals surface area contributed by atoms with Crippen LogP contribution in [-0.4, -0.2) is 15.0 Å². The first-order chi connectivity index (χ1) is 9.92. The van der Waals surface area contributed by atoms with E-state index in [0.29, 0.717) is 0 Å². The van der Waals surface area contributed by atoms with Crippen molar-refractivity contribution in [1.82, 2.24) is 15.0 Å². The van der Waals surface area contributed by atoms with Gasteiger partial charge in [-0.05, 0) is 35.4 Å². The predicted molar refractivity (Wildman–Crippen MR) is 80.6 cm³/mol. The van der Waals surface area contributed by atoms with Gasteiger partial charge in [0, 0.05) is 18.6 Å². The van der Waals surface area contributed by atoms with Gasteiger partial charge in [-0.1, -0.05) is 30.3 Å². The minimum Gasteiger partial charge on any atom is -0.261 e. The largest absolute Gasteiger partial charge is 0.261 e. The van der Waals surface area contributed by atoms with Crippen molar-refractivity contribution < 1.29 is 0 Å². The first-order valence-corrected chi connectivity index (χ1v) is 6.37. The molecule has 0 N–H and O–H groups in total. The van der Waals surface area contributed by atoms with Crippen molar-refractivity contribution >= 4 is 12.2 Å². The second-order valence-corrected chi connectivity index (χ2v) is 4.30. The monoisotopic (exact) mass is 259 g/mol. The number of rotatable bonds is 3. The van der Waals surface area contributed by atoms with Crippen LogP contribution in [0.15, 0.2) is 67.3 Å². The quantitative estimate of drug-likeness (QED) is 0.719. The highest BCUT2D eigenvalue weighted by molar-refractivity contribution is 5.70. The molecule has 0 unspecified atom stereocenters. The Hall–Kier alpha value is -2.81. The van der Waals surface area contributed by atoms with Crippen molar-refractivity contribution in [2.24, 2.45) is 0 Å². The molecule has 0 fully saturated rings. The molecule has 96 valence electrons. The third-order valence-electron chi connectivity index (χ3n) is 2.90. The number of hydrogen-bond acceptors (Lipinski definition) is 3. The highest BCUT2D eigenvalue weighted by atomic mass is 14.8. The third kappa shape index (κ3) is 2.95. The van der Waals surface area contributed by atoms with Gasteiger partial charge in [0.05, 0.1) is 17.6 Å². The Kier molecular flexibility index (Phi) is 3.60. The van der Waals surface area contributed by atoms with Gasteiger partial charge in [-0.3, -0.25) is 15.0 Å². The van der Waals surface area contributed by atoms with E-state index in [-0.39, 0.29) is 0 Å². The molecule has 3 heteroatoms. The molecule has 0 aliphatic carbocycles. The lowest BCUT2D eigenvalue weighted by Crippen LogP contribution is -1.84. The van der Waals surface area contributed by atoms with Crippen LogP contribution in [-0.2, 0) is 0 Å². The maximum absolute atomic E-state index is 4.34. The smallest absolute Gasteiger partial charge is 0.0813 e. The summed E-state index contributed by atoms with van der Waals surface area (Å²) in [6.45, 7) is 0. The first-order valence-electron chi connectivity index (χ1n) is 6.37. The standard InChI is InChI=1S/C17H13N3/c1-2-4-14(5-3-1)15-8-9-19-16(12-15)6-7-17-13-18-10-11-20-17/h1-13H. The number of benzene rings is 1. The second-order valence-electron chi connectivity index (χ2n) is 4.30. The highest BCUT2D eigenvalue weighted by Crippen LogP contribution is 2.19. The molecule has 0 aliphatic rings. The number of nitrogens with zero attached hydrogens (tertiary/aromatic N) is 3. The summed E-state index contributed by atoms with van der Waals surface area (Å²) in [7, 11) is 0. The zero-order valence-corrected chi connectivity index (χ0v) is 10.8. The fraction of sp³-hybridized carbons (Fsp3) is 0. The molecule has 1 aromatic carbocycles. The van der Waals surface area contributed by atoms with Gasteiger partial charge < -0.3 is 0 Å². The normalized spacial score (nSPS) is 10.8. The summed E-state index contributed by atoms with van der Waals surface area (Å²) in [5.41, 5.74) is 4.06. The molecular weight excluding hydrogens is 246 g/mol. The highest BCUT2D eigenvalue weighted by Gasteiger charge is 1.97. The summed E-state index contributed by atoms with van der Waals surface area (Å²) in [4.78, 5) is 12.6. The van der Waals surface area contributed by atoms with Crippen LogP contribution in [0.1, 0.15) is 11.4 Å². The zero-order valence-electron chi connectivity index (χ0n) is 10.8. The lowest BCUT2D eigenvalue weighted by molar-refractivity contribution is 1.18. The van der Waals surface area contributed by atoms with Gasteiger partial charge in [0.25, 0.3) is 0 Å². The maximum atomic E-state index is 4.34. The van der Waals surface area contributed by atoms with Crippen LogP contribution >= 0.6 is 0 Å². The zero-order chi connectivity index (χ0) is 13.6. The summed E-state index contributed by atoms with van der Waals surface area (Å²) in [5, 5.41) is 0. The summed E-state index contributed by atoms with van der Waals surface area (Å²) >= 11 is 0. The fourth-order valence-electron chi connectivity index (χ4n) is 1.92. The van der Waals surface area contributed by atoms with Gasteiger partial charge in [0.15, 0.2) is 0 Å². The lowest BCUT2D eigenvalue weighted by atomic mass is 10.1. The van der Waals surface area contributed by atoms with Crippen molar-refractivity contribution in [3.63, 3.8) is 0 Å². The van der Waals surface area contributed by atoms with Crippen LogP contribution in [0, 0.1) is 0 Å². The molecule has 0 saturated heterocycles.